The summed E-state index contributed by atoms with van der Waals surface area (Å²) in [5.41, 5.74) is 0. The molecule has 0 atom stereocenters. The van der Waals surface area contributed by atoms with Crippen molar-refractivity contribution in [3.63, 3.8) is 0 Å². The maximum absolute atomic E-state index is 12.3. The van der Waals surface area contributed by atoms with Gasteiger partial charge in [-0.15, -0.1) is 0 Å². The van der Waals surface area contributed by atoms with E-state index >= 15 is 0 Å². The summed E-state index contributed by atoms with van der Waals surface area (Å²) >= 11 is 0. The highest BCUT2D eigenvalue weighted by Crippen LogP contribution is 2.14. The summed E-state index contributed by atoms with van der Waals surface area (Å²) in [6, 6.07) is 0. The Kier molecular flexibility index (Phi) is 47.6. The molecule has 0 saturated carbocycles. The summed E-state index contributed by atoms with van der Waals surface area (Å²) in [6.45, 7) is 10.0. The number of nitrogens with zero attached hydrogens (tertiary/aromatic N) is 2. The van der Waals surface area contributed by atoms with E-state index in [1.165, 1.54) is 135 Å². The van der Waals surface area contributed by atoms with E-state index in [2.05, 4.69) is 47.4 Å². The Morgan fingerprint density at radius 3 is 1.10 bits per heavy atom. The molecular formula is C41H89Br2N3O2. The Balaban J connectivity index is -0.00000154. The van der Waals surface area contributed by atoms with E-state index in [1.54, 1.807) is 0 Å². The molecular weight excluding hydrogens is 726 g/mol. The summed E-state index contributed by atoms with van der Waals surface area (Å²) in [5, 5.41) is 3.15. The van der Waals surface area contributed by atoms with Gasteiger partial charge in [0.15, 0.2) is 0 Å². The number of hydrogen-bond donors (Lipinski definition) is 1. The summed E-state index contributed by atoms with van der Waals surface area (Å²) < 4.78 is 2.09. The van der Waals surface area contributed by atoms with Crippen molar-refractivity contribution in [3.8, 4) is 0 Å². The van der Waals surface area contributed by atoms with Gasteiger partial charge in [0, 0.05) is 45.1 Å². The average molecular weight is 816 g/mol. The summed E-state index contributed by atoms with van der Waals surface area (Å²) in [5.74, 6) is 0.720. The van der Waals surface area contributed by atoms with Gasteiger partial charge in [0.25, 0.3) is 0 Å². The zero-order valence-electron chi connectivity index (χ0n) is 31.9. The largest absolute Gasteiger partial charge is 1.00 e. The molecule has 0 heterocycles. The van der Waals surface area contributed by atoms with Crippen LogP contribution in [-0.2, 0) is 9.59 Å². The molecule has 0 radical (unpaired) electrons. The van der Waals surface area contributed by atoms with E-state index in [4.69, 9.17) is 0 Å². The molecule has 0 bridgehead atoms. The second-order valence-corrected chi connectivity index (χ2v) is 15.3. The van der Waals surface area contributed by atoms with Crippen LogP contribution in [0.5, 0.6) is 0 Å². The second kappa shape index (κ2) is 39.8. The number of amides is 1. The topological polar surface area (TPSA) is 46.2 Å². The number of carbonyl (C=O) groups is 2. The van der Waals surface area contributed by atoms with Gasteiger partial charge in [-0.1, -0.05) is 131 Å². The number of quaternary nitrogens is 2. The summed E-state index contributed by atoms with van der Waals surface area (Å²) in [6.07, 6.45) is 31.5. The van der Waals surface area contributed by atoms with Gasteiger partial charge < -0.3 is 48.2 Å². The molecule has 0 aliphatic carbocycles. The highest BCUT2D eigenvalue weighted by Gasteiger charge is 2.18. The van der Waals surface area contributed by atoms with Crippen LogP contribution in [0, 0.1) is 0 Å². The Hall–Kier alpha value is 0.0200. The first kappa shape index (κ1) is 57.4. The van der Waals surface area contributed by atoms with E-state index in [-0.39, 0.29) is 54.7 Å². The third-order valence-corrected chi connectivity index (χ3v) is 9.57. The van der Waals surface area contributed by atoms with Crippen LogP contribution in [0.15, 0.2) is 0 Å². The predicted octanol–water partition coefficient (Wildman–Crippen LogP) is 5.29. The van der Waals surface area contributed by atoms with Gasteiger partial charge in [-0.3, -0.25) is 9.59 Å². The van der Waals surface area contributed by atoms with Gasteiger partial charge in [0.05, 0.1) is 54.4 Å². The zero-order chi connectivity index (χ0) is 32.8. The van der Waals surface area contributed by atoms with Crippen LogP contribution in [0.4, 0.5) is 0 Å². The van der Waals surface area contributed by atoms with E-state index in [9.17, 15) is 9.59 Å². The fourth-order valence-electron chi connectivity index (χ4n) is 6.34. The maximum Gasteiger partial charge on any atom is 0.219 e. The van der Waals surface area contributed by atoms with Crippen LogP contribution < -0.4 is 39.3 Å². The summed E-state index contributed by atoms with van der Waals surface area (Å²) in [7, 11) is 9.36. The van der Waals surface area contributed by atoms with Crippen molar-refractivity contribution in [3.05, 3.63) is 0 Å². The number of nitrogens with one attached hydrogen (secondary N) is 1. The third kappa shape index (κ3) is 42.2. The molecule has 7 heteroatoms. The molecule has 5 nitrogen and oxygen atoms in total. The lowest BCUT2D eigenvalue weighted by molar-refractivity contribution is -0.897. The first-order chi connectivity index (χ1) is 21.1. The van der Waals surface area contributed by atoms with Crippen LogP contribution in [0.1, 0.15) is 196 Å². The van der Waals surface area contributed by atoms with Crippen molar-refractivity contribution in [1.29, 1.82) is 0 Å². The molecule has 48 heavy (non-hydrogen) atoms. The Bertz CT molecular complexity index is 618. The lowest BCUT2D eigenvalue weighted by Gasteiger charge is -2.32. The van der Waals surface area contributed by atoms with Gasteiger partial charge in [-0.2, -0.15) is 0 Å². The minimum atomic E-state index is 0. The Morgan fingerprint density at radius 1 is 0.417 bits per heavy atom. The van der Waals surface area contributed by atoms with Gasteiger partial charge in [0.2, 0.25) is 5.91 Å². The van der Waals surface area contributed by atoms with E-state index in [1.807, 2.05) is 0 Å². The number of halogens is 2. The first-order valence-corrected chi connectivity index (χ1v) is 19.5. The number of unbranched alkanes of at least 4 members (excludes halogenated alkanes) is 18. The number of Topliss-reactive ketones (excluding diaryl/α,β-unsaturated/α-hetero) is 1. The quantitative estimate of drug-likeness (QED) is 0.0711. The van der Waals surface area contributed by atoms with Gasteiger partial charge in [0.1, 0.15) is 5.78 Å². The van der Waals surface area contributed by atoms with Crippen LogP contribution in [0.3, 0.4) is 0 Å². The molecule has 0 aromatic heterocycles. The molecule has 0 aliphatic heterocycles. The van der Waals surface area contributed by atoms with E-state index in [0.29, 0.717) is 12.2 Å². The molecule has 0 aliphatic rings. The number of rotatable bonds is 34. The van der Waals surface area contributed by atoms with Crippen molar-refractivity contribution >= 4 is 11.7 Å². The van der Waals surface area contributed by atoms with Gasteiger partial charge in [-0.05, 0) is 25.7 Å². The average Bonchev–Trinajstić information content (AvgIpc) is 2.98. The van der Waals surface area contributed by atoms with E-state index < -0.39 is 0 Å². The first-order valence-electron chi connectivity index (χ1n) is 19.5. The number of hydrogen-bond acceptors (Lipinski definition) is 2. The Labute approximate surface area is 324 Å². The number of carbonyl (C=O) groups excluding carboxylic acids is 2. The monoisotopic (exact) mass is 814 g/mol. The van der Waals surface area contributed by atoms with E-state index in [0.717, 1.165) is 67.0 Å². The highest BCUT2D eigenvalue weighted by atomic mass is 79.9. The van der Waals surface area contributed by atoms with Gasteiger partial charge >= 0.3 is 0 Å². The smallest absolute Gasteiger partial charge is 0.219 e. The lowest BCUT2D eigenvalue weighted by atomic mass is 10.0. The molecule has 0 fully saturated rings. The molecule has 0 spiro atoms. The molecule has 294 valence electrons. The van der Waals surface area contributed by atoms with Crippen molar-refractivity contribution in [2.24, 2.45) is 0 Å². The second-order valence-electron chi connectivity index (χ2n) is 15.3. The maximum atomic E-state index is 12.3. The standard InChI is InChI=1S/C39H80N3O2.2CH4.2BrH/c1-7-9-11-13-15-17-19-21-23-30-38(43)31-25-26-34-41(3,4)35-27-28-36-42(5,6)37-29-33-40-39(44)32-24-22-20-18-16-14-12-10-8-2;;;;/h7-37H2,1-6H3;2*1H4;2*1H/q+1;;;;/p-1. The van der Waals surface area contributed by atoms with Crippen molar-refractivity contribution in [1.82, 2.24) is 5.32 Å². The molecule has 1 amide bonds. The predicted molar refractivity (Wildman–Crippen MR) is 207 cm³/mol. The lowest BCUT2D eigenvalue weighted by Crippen LogP contribution is -3.00. The van der Waals surface area contributed by atoms with Crippen LogP contribution in [0.2, 0.25) is 0 Å². The Morgan fingerprint density at radius 2 is 0.708 bits per heavy atom. The molecule has 0 aromatic rings. The SMILES string of the molecule is C.C.CCCCCCCCCCCC(=O)CCCC[N+](C)(C)CCCC[N+](C)(C)CCCNC(=O)CCCCCCCCCCC.[Br-].[Br-]. The molecule has 0 unspecified atom stereocenters. The van der Waals surface area contributed by atoms with Crippen LogP contribution in [-0.4, -0.2) is 81.6 Å². The van der Waals surface area contributed by atoms with Crippen molar-refractivity contribution < 1.29 is 52.5 Å². The van der Waals surface area contributed by atoms with Crippen LogP contribution in [0.25, 0.3) is 0 Å². The fourth-order valence-corrected chi connectivity index (χ4v) is 6.34. The minimum Gasteiger partial charge on any atom is -1.00 e. The summed E-state index contributed by atoms with van der Waals surface area (Å²) in [4.78, 5) is 24.5. The molecule has 1 N–H and O–H groups in total. The van der Waals surface area contributed by atoms with Gasteiger partial charge in [-0.25, -0.2) is 0 Å². The van der Waals surface area contributed by atoms with Crippen molar-refractivity contribution in [2.75, 3.05) is 60.9 Å². The molecule has 0 saturated heterocycles. The normalized spacial score (nSPS) is 11.1. The highest BCUT2D eigenvalue weighted by molar-refractivity contribution is 5.78. The minimum absolute atomic E-state index is 0. The van der Waals surface area contributed by atoms with Crippen LogP contribution >= 0.6 is 0 Å². The third-order valence-electron chi connectivity index (χ3n) is 9.57. The molecule has 0 aromatic carbocycles. The zero-order valence-corrected chi connectivity index (χ0v) is 35.1. The number of ketones is 1. The fraction of sp³-hybridized carbons (Fsp3) is 0.951. The molecule has 0 rings (SSSR count). The van der Waals surface area contributed by atoms with Crippen molar-refractivity contribution in [2.45, 2.75) is 196 Å².